The van der Waals surface area contributed by atoms with E-state index in [9.17, 15) is 0 Å². The number of aliphatic imine (C=N–C) groups is 1. The highest BCUT2D eigenvalue weighted by Crippen LogP contribution is 2.30. The van der Waals surface area contributed by atoms with Crippen molar-refractivity contribution in [3.05, 3.63) is 35.4 Å². The molecule has 0 radical (unpaired) electrons. The van der Waals surface area contributed by atoms with Gasteiger partial charge in [-0.15, -0.1) is 0 Å². The highest BCUT2D eigenvalue weighted by atomic mass is 15.3. The molecule has 0 atom stereocenters. The lowest BCUT2D eigenvalue weighted by Gasteiger charge is -2.50. The molecule has 0 unspecified atom stereocenters. The summed E-state index contributed by atoms with van der Waals surface area (Å²) in [7, 11) is 2.25. The predicted molar refractivity (Wildman–Crippen MR) is 119 cm³/mol. The second kappa shape index (κ2) is 10.3. The number of nitrogens with zero attached hydrogens (tertiary/aromatic N) is 3. The van der Waals surface area contributed by atoms with Crippen LogP contribution < -0.4 is 10.6 Å². The number of piperidine rings is 2. The van der Waals surface area contributed by atoms with Crippen LogP contribution in [0.25, 0.3) is 0 Å². The molecule has 5 nitrogen and oxygen atoms in total. The standard InChI is InChI=1S/C23H39N5/c1-4-24-22(25-18-21-10-8-9-20(2)17-21)26-19-23(11-15-27(3)16-12-23)28-13-6-5-7-14-28/h8-10,17H,4-7,11-16,18-19H2,1-3H3,(H2,24,25,26). The van der Waals surface area contributed by atoms with Crippen molar-refractivity contribution >= 4 is 5.96 Å². The average molecular weight is 386 g/mol. The molecule has 2 aliphatic heterocycles. The normalized spacial score (nSPS) is 21.5. The first-order valence-electron chi connectivity index (χ1n) is 11.1. The Balaban J connectivity index is 1.67. The van der Waals surface area contributed by atoms with Crippen molar-refractivity contribution in [2.45, 2.75) is 58.0 Å². The number of rotatable bonds is 6. The van der Waals surface area contributed by atoms with E-state index in [-0.39, 0.29) is 5.54 Å². The van der Waals surface area contributed by atoms with Gasteiger partial charge in [-0.25, -0.2) is 4.99 Å². The summed E-state index contributed by atoms with van der Waals surface area (Å²) in [6.45, 7) is 11.8. The van der Waals surface area contributed by atoms with Gasteiger partial charge in [0.15, 0.2) is 5.96 Å². The van der Waals surface area contributed by atoms with Crippen LogP contribution >= 0.6 is 0 Å². The van der Waals surface area contributed by atoms with Crippen LogP contribution in [0.1, 0.15) is 50.2 Å². The lowest BCUT2D eigenvalue weighted by atomic mass is 9.84. The van der Waals surface area contributed by atoms with E-state index in [4.69, 9.17) is 4.99 Å². The van der Waals surface area contributed by atoms with Crippen molar-refractivity contribution in [3.8, 4) is 0 Å². The van der Waals surface area contributed by atoms with E-state index >= 15 is 0 Å². The molecule has 2 heterocycles. The predicted octanol–water partition coefficient (Wildman–Crippen LogP) is 3.00. The van der Waals surface area contributed by atoms with Gasteiger partial charge >= 0.3 is 0 Å². The molecule has 156 valence electrons. The minimum atomic E-state index is 0.270. The number of nitrogens with one attached hydrogen (secondary N) is 2. The fraction of sp³-hybridized carbons (Fsp3) is 0.696. The van der Waals surface area contributed by atoms with Crippen LogP contribution in [0.15, 0.2) is 29.3 Å². The molecule has 0 aromatic heterocycles. The Morgan fingerprint density at radius 2 is 1.82 bits per heavy atom. The Morgan fingerprint density at radius 3 is 2.50 bits per heavy atom. The van der Waals surface area contributed by atoms with Crippen molar-refractivity contribution in [3.63, 3.8) is 0 Å². The fourth-order valence-corrected chi connectivity index (χ4v) is 4.58. The average Bonchev–Trinajstić information content (AvgIpc) is 2.72. The summed E-state index contributed by atoms with van der Waals surface area (Å²) in [5.41, 5.74) is 2.83. The first kappa shape index (κ1) is 21.1. The van der Waals surface area contributed by atoms with Crippen molar-refractivity contribution < 1.29 is 0 Å². The summed E-state index contributed by atoms with van der Waals surface area (Å²) in [6, 6.07) is 8.63. The van der Waals surface area contributed by atoms with E-state index in [0.29, 0.717) is 0 Å². The summed E-state index contributed by atoms with van der Waals surface area (Å²) >= 11 is 0. The summed E-state index contributed by atoms with van der Waals surface area (Å²) in [5.74, 6) is 0.944. The second-order valence-corrected chi connectivity index (χ2v) is 8.61. The first-order chi connectivity index (χ1) is 13.6. The van der Waals surface area contributed by atoms with E-state index in [2.05, 4.69) is 65.6 Å². The van der Waals surface area contributed by atoms with Gasteiger partial charge in [0.1, 0.15) is 0 Å². The SMILES string of the molecule is CCNC(=NCc1cccc(C)c1)NCC1(N2CCCCC2)CCN(C)CC1. The maximum Gasteiger partial charge on any atom is 0.191 e. The zero-order valence-corrected chi connectivity index (χ0v) is 18.1. The van der Waals surface area contributed by atoms with Crippen molar-refractivity contribution in [2.75, 3.05) is 46.3 Å². The van der Waals surface area contributed by atoms with Crippen molar-refractivity contribution in [2.24, 2.45) is 4.99 Å². The number of aryl methyl sites for hydroxylation is 1. The van der Waals surface area contributed by atoms with Gasteiger partial charge in [0.25, 0.3) is 0 Å². The van der Waals surface area contributed by atoms with Crippen LogP contribution in [-0.2, 0) is 6.54 Å². The van der Waals surface area contributed by atoms with Crippen LogP contribution in [-0.4, -0.2) is 67.6 Å². The molecule has 0 amide bonds. The fourth-order valence-electron chi connectivity index (χ4n) is 4.58. The Bertz CT molecular complexity index is 628. The van der Waals surface area contributed by atoms with Gasteiger partial charge in [0.2, 0.25) is 0 Å². The van der Waals surface area contributed by atoms with E-state index in [1.54, 1.807) is 0 Å². The third-order valence-corrected chi connectivity index (χ3v) is 6.38. The van der Waals surface area contributed by atoms with Gasteiger partial charge in [-0.05, 0) is 78.3 Å². The highest BCUT2D eigenvalue weighted by molar-refractivity contribution is 5.79. The van der Waals surface area contributed by atoms with Crippen LogP contribution in [0.3, 0.4) is 0 Å². The van der Waals surface area contributed by atoms with Gasteiger partial charge in [-0.2, -0.15) is 0 Å². The maximum absolute atomic E-state index is 4.87. The molecule has 1 aromatic rings. The minimum absolute atomic E-state index is 0.270. The van der Waals surface area contributed by atoms with Gasteiger partial charge in [-0.3, -0.25) is 4.90 Å². The number of benzene rings is 1. The van der Waals surface area contributed by atoms with Crippen molar-refractivity contribution in [1.29, 1.82) is 0 Å². The zero-order chi connectivity index (χ0) is 19.8. The lowest BCUT2D eigenvalue weighted by molar-refractivity contribution is 0.0173. The zero-order valence-electron chi connectivity index (χ0n) is 18.1. The molecule has 2 aliphatic rings. The number of hydrogen-bond acceptors (Lipinski definition) is 3. The van der Waals surface area contributed by atoms with E-state index < -0.39 is 0 Å². The van der Waals surface area contributed by atoms with Gasteiger partial charge in [0, 0.05) is 18.6 Å². The molecule has 0 saturated carbocycles. The molecule has 0 aliphatic carbocycles. The number of likely N-dealkylation sites (tertiary alicyclic amines) is 2. The Labute approximate surface area is 171 Å². The second-order valence-electron chi connectivity index (χ2n) is 8.61. The van der Waals surface area contributed by atoms with E-state index in [1.807, 2.05) is 0 Å². The molecule has 28 heavy (non-hydrogen) atoms. The third-order valence-electron chi connectivity index (χ3n) is 6.38. The molecule has 0 spiro atoms. The summed E-state index contributed by atoms with van der Waals surface area (Å²) in [5, 5.41) is 7.15. The molecule has 2 fully saturated rings. The Kier molecular flexibility index (Phi) is 7.74. The monoisotopic (exact) mass is 385 g/mol. The summed E-state index contributed by atoms with van der Waals surface area (Å²) in [4.78, 5) is 10.1. The number of guanidine groups is 1. The van der Waals surface area contributed by atoms with Gasteiger partial charge in [0.05, 0.1) is 6.54 Å². The van der Waals surface area contributed by atoms with Crippen LogP contribution in [0.5, 0.6) is 0 Å². The van der Waals surface area contributed by atoms with Crippen LogP contribution in [0.2, 0.25) is 0 Å². The Morgan fingerprint density at radius 1 is 1.07 bits per heavy atom. The Hall–Kier alpha value is -1.59. The molecule has 2 saturated heterocycles. The highest BCUT2D eigenvalue weighted by Gasteiger charge is 2.39. The molecule has 5 heteroatoms. The molecular weight excluding hydrogens is 346 g/mol. The topological polar surface area (TPSA) is 42.9 Å². The molecule has 1 aromatic carbocycles. The molecule has 2 N–H and O–H groups in total. The lowest BCUT2D eigenvalue weighted by Crippen LogP contribution is -2.62. The largest absolute Gasteiger partial charge is 0.357 e. The van der Waals surface area contributed by atoms with E-state index in [1.165, 1.54) is 69.4 Å². The minimum Gasteiger partial charge on any atom is -0.357 e. The molecular formula is C23H39N5. The number of hydrogen-bond donors (Lipinski definition) is 2. The van der Waals surface area contributed by atoms with Crippen LogP contribution in [0.4, 0.5) is 0 Å². The first-order valence-corrected chi connectivity index (χ1v) is 11.1. The van der Waals surface area contributed by atoms with Gasteiger partial charge < -0.3 is 15.5 Å². The van der Waals surface area contributed by atoms with Crippen LogP contribution in [0, 0.1) is 6.92 Å². The molecule has 3 rings (SSSR count). The van der Waals surface area contributed by atoms with Gasteiger partial charge in [-0.1, -0.05) is 36.2 Å². The van der Waals surface area contributed by atoms with E-state index in [0.717, 1.165) is 25.6 Å². The maximum atomic E-state index is 4.87. The van der Waals surface area contributed by atoms with Crippen molar-refractivity contribution in [1.82, 2.24) is 20.4 Å². The summed E-state index contributed by atoms with van der Waals surface area (Å²) < 4.78 is 0. The quantitative estimate of drug-likeness (QED) is 0.584. The molecule has 0 bridgehead atoms. The third kappa shape index (κ3) is 5.71. The summed E-state index contributed by atoms with van der Waals surface area (Å²) in [6.07, 6.45) is 6.57. The smallest absolute Gasteiger partial charge is 0.191 e.